The fraction of sp³-hybridized carbons (Fsp3) is 1.00. The zero-order valence-corrected chi connectivity index (χ0v) is 16.0. The summed E-state index contributed by atoms with van der Waals surface area (Å²) in [4.78, 5) is 0. The van der Waals surface area contributed by atoms with E-state index >= 15 is 0 Å². The van der Waals surface area contributed by atoms with Crippen molar-refractivity contribution >= 4 is 90.7 Å². The van der Waals surface area contributed by atoms with E-state index in [0.717, 1.165) is 19.3 Å². The number of rotatable bonds is 5. The Bertz CT molecular complexity index is 203. The molecule has 0 aromatic rings. The molecule has 0 aliphatic carbocycles. The normalized spacial score (nSPS) is 15.6. The van der Waals surface area contributed by atoms with Gasteiger partial charge in [0.2, 0.25) is 2.33 Å². The van der Waals surface area contributed by atoms with Crippen molar-refractivity contribution in [2.45, 2.75) is 31.1 Å². The molecule has 86 valence electrons. The topological polar surface area (TPSA) is 26.3 Å². The third kappa shape index (κ3) is 7.73. The lowest BCUT2D eigenvalue weighted by atomic mass is 10.3. The summed E-state index contributed by atoms with van der Waals surface area (Å²) in [7, 11) is 0. The lowest BCUT2D eigenvalue weighted by molar-refractivity contribution is 0.385. The SMILES string of the molecule is CCCCC(Br)(Br)S(=O)OC(Br)(Br)Br. The van der Waals surface area contributed by atoms with Crippen LogP contribution in [0.2, 0.25) is 0 Å². The van der Waals surface area contributed by atoms with Crippen molar-refractivity contribution in [3.05, 3.63) is 0 Å². The molecule has 0 aromatic carbocycles. The summed E-state index contributed by atoms with van der Waals surface area (Å²) < 4.78 is 15.2. The molecule has 1 atom stereocenters. The quantitative estimate of drug-likeness (QED) is 0.451. The van der Waals surface area contributed by atoms with Gasteiger partial charge in [0, 0.05) is 0 Å². The third-order valence-corrected chi connectivity index (χ3v) is 5.84. The summed E-state index contributed by atoms with van der Waals surface area (Å²) >= 11 is 14.5. The lowest BCUT2D eigenvalue weighted by Gasteiger charge is -2.21. The van der Waals surface area contributed by atoms with Crippen LogP contribution in [0.25, 0.3) is 0 Å². The van der Waals surface area contributed by atoms with Gasteiger partial charge in [0.05, 0.1) is 0 Å². The molecule has 14 heavy (non-hydrogen) atoms. The molecule has 0 heterocycles. The van der Waals surface area contributed by atoms with Crippen LogP contribution in [0.3, 0.4) is 0 Å². The van der Waals surface area contributed by atoms with Crippen LogP contribution in [-0.4, -0.2) is 9.10 Å². The zero-order valence-electron chi connectivity index (χ0n) is 7.24. The number of unbranched alkanes of at least 4 members (excludes halogenated alkanes) is 1. The monoisotopic (exact) mass is 540 g/mol. The first-order valence-electron chi connectivity index (χ1n) is 3.75. The molecule has 0 aliphatic rings. The van der Waals surface area contributed by atoms with E-state index in [2.05, 4.69) is 86.6 Å². The van der Waals surface area contributed by atoms with Crippen LogP contribution in [0.15, 0.2) is 0 Å². The molecular weight excluding hydrogens is 536 g/mol. The summed E-state index contributed by atoms with van der Waals surface area (Å²) in [6.07, 6.45) is 2.73. The van der Waals surface area contributed by atoms with Crippen molar-refractivity contribution in [2.24, 2.45) is 0 Å². The van der Waals surface area contributed by atoms with Gasteiger partial charge in [-0.2, -0.15) is 0 Å². The van der Waals surface area contributed by atoms with Crippen molar-refractivity contribution in [1.29, 1.82) is 0 Å². The number of hydrogen-bond acceptors (Lipinski definition) is 2. The second-order valence-corrected chi connectivity index (χ2v) is 15.2. The lowest BCUT2D eigenvalue weighted by Crippen LogP contribution is -2.24. The second-order valence-electron chi connectivity index (χ2n) is 2.50. The van der Waals surface area contributed by atoms with Crippen LogP contribution in [0.4, 0.5) is 0 Å². The third-order valence-electron chi connectivity index (χ3n) is 1.24. The van der Waals surface area contributed by atoms with Crippen molar-refractivity contribution < 1.29 is 8.39 Å². The Morgan fingerprint density at radius 2 is 1.71 bits per heavy atom. The van der Waals surface area contributed by atoms with Crippen LogP contribution in [-0.2, 0) is 15.3 Å². The Kier molecular flexibility index (Phi) is 8.32. The molecule has 0 radical (unpaired) electrons. The Balaban J connectivity index is 4.21. The molecule has 2 nitrogen and oxygen atoms in total. The molecule has 0 fully saturated rings. The van der Waals surface area contributed by atoms with E-state index in [1.165, 1.54) is 0 Å². The van der Waals surface area contributed by atoms with E-state index in [1.807, 2.05) is 0 Å². The Morgan fingerprint density at radius 3 is 2.07 bits per heavy atom. The van der Waals surface area contributed by atoms with E-state index in [9.17, 15) is 4.21 Å². The zero-order chi connectivity index (χ0) is 11.4. The molecule has 0 aliphatic heterocycles. The van der Waals surface area contributed by atoms with E-state index < -0.39 is 16.0 Å². The molecular formula is C6H9Br5O2S. The van der Waals surface area contributed by atoms with E-state index in [4.69, 9.17) is 4.18 Å². The van der Waals surface area contributed by atoms with Gasteiger partial charge < -0.3 is 0 Å². The molecule has 0 amide bonds. The van der Waals surface area contributed by atoms with Crippen molar-refractivity contribution in [1.82, 2.24) is 0 Å². The fourth-order valence-electron chi connectivity index (χ4n) is 0.613. The highest BCUT2D eigenvalue weighted by atomic mass is 80.0. The van der Waals surface area contributed by atoms with Crippen LogP contribution in [0, 0.1) is 0 Å². The Morgan fingerprint density at radius 1 is 1.21 bits per heavy atom. The standard InChI is InChI=1S/C6H9Br5O2S/c1-2-3-4-5(7,8)14(12)13-6(9,10)11/h2-4H2,1H3. The summed E-state index contributed by atoms with van der Waals surface area (Å²) in [5.41, 5.74) is 0. The average Bonchev–Trinajstić information content (AvgIpc) is 1.97. The summed E-state index contributed by atoms with van der Waals surface area (Å²) in [5.74, 6) is 0. The molecule has 0 aromatic heterocycles. The number of hydrogen-bond donors (Lipinski definition) is 0. The Hall–Kier alpha value is 2.51. The van der Waals surface area contributed by atoms with Gasteiger partial charge in [0.1, 0.15) is 0 Å². The van der Waals surface area contributed by atoms with Crippen LogP contribution < -0.4 is 0 Å². The Labute approximate surface area is 129 Å². The van der Waals surface area contributed by atoms with Crippen molar-refractivity contribution in [3.63, 3.8) is 0 Å². The highest BCUT2D eigenvalue weighted by Crippen LogP contribution is 2.43. The van der Waals surface area contributed by atoms with Gasteiger partial charge in [0.15, 0.2) is 13.6 Å². The van der Waals surface area contributed by atoms with E-state index in [-0.39, 0.29) is 0 Å². The largest absolute Gasteiger partial charge is 0.248 e. The molecule has 0 saturated heterocycles. The maximum atomic E-state index is 11.7. The fourth-order valence-corrected chi connectivity index (χ4v) is 3.25. The molecule has 1 unspecified atom stereocenters. The van der Waals surface area contributed by atoms with Gasteiger partial charge in [-0.15, -0.1) is 0 Å². The number of halogens is 5. The van der Waals surface area contributed by atoms with Crippen LogP contribution in [0.1, 0.15) is 26.2 Å². The maximum Gasteiger partial charge on any atom is 0.248 e. The van der Waals surface area contributed by atoms with Crippen LogP contribution in [0.5, 0.6) is 0 Å². The first kappa shape index (κ1) is 16.5. The summed E-state index contributed by atoms with van der Waals surface area (Å²) in [6, 6.07) is 0. The predicted molar refractivity (Wildman–Crippen MR) is 78.8 cm³/mol. The highest BCUT2D eigenvalue weighted by Gasteiger charge is 2.36. The molecule has 8 heteroatoms. The van der Waals surface area contributed by atoms with Gasteiger partial charge in [-0.1, -0.05) is 51.6 Å². The molecule has 0 spiro atoms. The highest BCUT2D eigenvalue weighted by molar-refractivity contribution is 9.39. The molecule has 0 rings (SSSR count). The summed E-state index contributed by atoms with van der Waals surface area (Å²) in [6.45, 7) is 2.07. The minimum Gasteiger partial charge on any atom is -0.247 e. The van der Waals surface area contributed by atoms with Gasteiger partial charge in [-0.3, -0.25) is 0 Å². The first-order valence-corrected chi connectivity index (χ1v) is 8.79. The minimum absolute atomic E-state index is 0.698. The van der Waals surface area contributed by atoms with Crippen molar-refractivity contribution in [2.75, 3.05) is 0 Å². The predicted octanol–water partition coefficient (Wildman–Crippen LogP) is 5.10. The minimum atomic E-state index is -1.51. The smallest absolute Gasteiger partial charge is 0.247 e. The van der Waals surface area contributed by atoms with Crippen molar-refractivity contribution in [3.8, 4) is 0 Å². The second kappa shape index (κ2) is 7.06. The molecule has 0 bridgehead atoms. The van der Waals surface area contributed by atoms with Gasteiger partial charge in [-0.05, 0) is 54.2 Å². The molecule has 0 N–H and O–H groups in total. The van der Waals surface area contributed by atoms with E-state index in [1.54, 1.807) is 0 Å². The van der Waals surface area contributed by atoms with Gasteiger partial charge in [-0.25, -0.2) is 8.39 Å². The number of alkyl halides is 5. The van der Waals surface area contributed by atoms with E-state index in [0.29, 0.717) is 0 Å². The van der Waals surface area contributed by atoms with Gasteiger partial charge in [0.25, 0.3) is 0 Å². The average molecular weight is 545 g/mol. The maximum absolute atomic E-state index is 11.7. The van der Waals surface area contributed by atoms with Gasteiger partial charge >= 0.3 is 0 Å². The molecule has 0 saturated carbocycles. The first-order chi connectivity index (χ1) is 6.19. The summed E-state index contributed by atoms with van der Waals surface area (Å²) in [5, 5.41) is 0. The van der Waals surface area contributed by atoms with Crippen LogP contribution >= 0.6 is 79.6 Å².